The van der Waals surface area contributed by atoms with Crippen LogP contribution >= 0.6 is 59.7 Å². The zero-order valence-corrected chi connectivity index (χ0v) is 28.8. The molecule has 3 atom stereocenters. The summed E-state index contributed by atoms with van der Waals surface area (Å²) >= 11 is 4.00. The largest absolute Gasteiger partial charge is 0.425 e. The Morgan fingerprint density at radius 1 is 1.24 bits per heavy atom. The van der Waals surface area contributed by atoms with Crippen LogP contribution in [0.4, 0.5) is 5.13 Å². The summed E-state index contributed by atoms with van der Waals surface area (Å²) in [6, 6.07) is -0.822. The van der Waals surface area contributed by atoms with Gasteiger partial charge >= 0.3 is 11.9 Å². The molecule has 2 aromatic heterocycles. The van der Waals surface area contributed by atoms with Crippen LogP contribution in [0.15, 0.2) is 21.8 Å². The molecule has 2 aliphatic heterocycles. The first-order chi connectivity index (χ1) is 20.6. The summed E-state index contributed by atoms with van der Waals surface area (Å²) in [5, 5.41) is 16.8. The number of nitrogens with zero attached hydrogens (tertiary/aromatic N) is 7. The zero-order valence-electron chi connectivity index (χ0n) is 24.7. The number of likely N-dealkylation sites (N-methyl/N-ethyl adjacent to an activating group) is 1. The van der Waals surface area contributed by atoms with E-state index >= 15 is 0 Å². The first-order valence-corrected chi connectivity index (χ1v) is 16.6. The van der Waals surface area contributed by atoms with Crippen LogP contribution in [0.5, 0.6) is 0 Å². The van der Waals surface area contributed by atoms with E-state index in [4.69, 9.17) is 15.2 Å². The smallest absolute Gasteiger partial charge is 0.358 e. The average molecular weight is 725 g/mol. The van der Waals surface area contributed by atoms with Crippen molar-refractivity contribution in [2.24, 2.45) is 5.92 Å². The first-order valence-electron chi connectivity index (χ1n) is 13.7. The first kappa shape index (κ1) is 36.8. The number of nitrogens with two attached hydrogens (primary N) is 1. The maximum atomic E-state index is 13.5. The van der Waals surface area contributed by atoms with Gasteiger partial charge in [-0.15, -0.1) is 53.0 Å². The standard InChI is InChI=1S/C25H33N9O6S3.2ClH/c1-13(39-22(37)14-5-4-6-14)40-23(38)19-15(11-43-25-29-30-31-33(25)8-7-32(2)3)10-41-21-18(20(36)34(19)21)28-17(35)9-16-12-42-24(26)27-16;;/h12-14,18,21H,4-11H2,1-3H3,(H2,26,27)(H,28,35);2*1H/t13?,18-,21+;;/m1../s1. The molecule has 1 unspecified atom stereocenters. The van der Waals surface area contributed by atoms with E-state index in [1.165, 1.54) is 46.7 Å². The van der Waals surface area contributed by atoms with E-state index in [-0.39, 0.29) is 48.8 Å². The van der Waals surface area contributed by atoms with Gasteiger partial charge in [0.05, 0.1) is 24.6 Å². The van der Waals surface area contributed by atoms with Crippen LogP contribution in [0, 0.1) is 5.92 Å². The van der Waals surface area contributed by atoms with Crippen LogP contribution in [0.1, 0.15) is 31.9 Å². The van der Waals surface area contributed by atoms with Gasteiger partial charge < -0.3 is 25.4 Å². The number of amides is 2. The number of hydrogen-bond donors (Lipinski definition) is 2. The van der Waals surface area contributed by atoms with Crippen LogP contribution in [0.2, 0.25) is 0 Å². The molecule has 0 aromatic carbocycles. The van der Waals surface area contributed by atoms with Gasteiger partial charge in [0, 0.05) is 30.4 Å². The average Bonchev–Trinajstić information content (AvgIpc) is 3.55. The molecule has 15 nitrogen and oxygen atoms in total. The Hall–Kier alpha value is -2.64. The second kappa shape index (κ2) is 16.3. The molecule has 5 rings (SSSR count). The van der Waals surface area contributed by atoms with Crippen molar-refractivity contribution in [2.45, 2.75) is 62.0 Å². The third-order valence-electron chi connectivity index (χ3n) is 7.10. The highest BCUT2D eigenvalue weighted by Crippen LogP contribution is 2.42. The summed E-state index contributed by atoms with van der Waals surface area (Å²) in [5.41, 5.74) is 6.90. The lowest BCUT2D eigenvalue weighted by Gasteiger charge is -2.49. The summed E-state index contributed by atoms with van der Waals surface area (Å²) in [5.74, 6) is -1.46. The number of carbonyl (C=O) groups excluding carboxylic acids is 4. The fraction of sp³-hybridized carbons (Fsp3) is 0.600. The second-order valence-electron chi connectivity index (χ2n) is 10.6. The van der Waals surface area contributed by atoms with Gasteiger partial charge in [-0.25, -0.2) is 14.5 Å². The van der Waals surface area contributed by atoms with Gasteiger partial charge in [0.1, 0.15) is 17.1 Å². The number of carbonyl (C=O) groups is 4. The minimum absolute atomic E-state index is 0. The number of esters is 2. The van der Waals surface area contributed by atoms with Crippen molar-refractivity contribution in [3.8, 4) is 0 Å². The third-order valence-corrected chi connectivity index (χ3v) is 10.2. The van der Waals surface area contributed by atoms with E-state index in [1.807, 2.05) is 19.0 Å². The molecule has 3 aliphatic rings. The fourth-order valence-electron chi connectivity index (χ4n) is 4.60. The number of halogens is 2. The quantitative estimate of drug-likeness (QED) is 0.130. The molecule has 1 saturated heterocycles. The van der Waals surface area contributed by atoms with Crippen LogP contribution < -0.4 is 11.1 Å². The Bertz CT molecular complexity index is 1420. The lowest BCUT2D eigenvalue weighted by atomic mass is 9.86. The molecule has 4 heterocycles. The topological polar surface area (TPSA) is 188 Å². The summed E-state index contributed by atoms with van der Waals surface area (Å²) in [6.07, 6.45) is 1.32. The SMILES string of the molecule is CC(OC(=O)C1=C(CSc2nnnn2CCN(C)C)CS[C@H]2[C@H](NC(=O)Cc3csc(N)n3)C(=O)N12)OC(=O)C1CCC1.Cl.Cl. The number of hydrogen-bond acceptors (Lipinski definition) is 15. The van der Waals surface area contributed by atoms with Gasteiger partial charge in [-0.3, -0.25) is 19.3 Å². The molecule has 248 valence electrons. The van der Waals surface area contributed by atoms with Crippen LogP contribution in [0.3, 0.4) is 0 Å². The van der Waals surface area contributed by atoms with Crippen LogP contribution in [-0.2, 0) is 41.6 Å². The molecule has 3 N–H and O–H groups in total. The molecule has 2 fully saturated rings. The highest BCUT2D eigenvalue weighted by molar-refractivity contribution is 8.01. The number of ether oxygens (including phenoxy) is 2. The van der Waals surface area contributed by atoms with Crippen molar-refractivity contribution in [3.05, 3.63) is 22.3 Å². The Labute approximate surface area is 284 Å². The van der Waals surface area contributed by atoms with Crippen molar-refractivity contribution in [2.75, 3.05) is 37.9 Å². The predicted octanol–water partition coefficient (Wildman–Crippen LogP) is 1.34. The number of rotatable bonds is 13. The highest BCUT2D eigenvalue weighted by Gasteiger charge is 2.54. The highest BCUT2D eigenvalue weighted by atomic mass is 35.5. The van der Waals surface area contributed by atoms with Gasteiger partial charge in [-0.2, -0.15) is 0 Å². The maximum absolute atomic E-state index is 13.5. The van der Waals surface area contributed by atoms with E-state index in [1.54, 1.807) is 10.1 Å². The minimum Gasteiger partial charge on any atom is -0.425 e. The molecule has 0 bridgehead atoms. The summed E-state index contributed by atoms with van der Waals surface area (Å²) in [7, 11) is 3.91. The predicted molar refractivity (Wildman–Crippen MR) is 173 cm³/mol. The van der Waals surface area contributed by atoms with E-state index in [0.717, 1.165) is 25.8 Å². The number of nitrogen functional groups attached to an aromatic ring is 1. The molecule has 0 radical (unpaired) electrons. The van der Waals surface area contributed by atoms with Gasteiger partial charge in [0.25, 0.3) is 5.91 Å². The van der Waals surface area contributed by atoms with Crippen LogP contribution in [0.25, 0.3) is 0 Å². The molecule has 45 heavy (non-hydrogen) atoms. The number of thioether (sulfide) groups is 2. The third kappa shape index (κ3) is 8.79. The Morgan fingerprint density at radius 3 is 2.64 bits per heavy atom. The zero-order chi connectivity index (χ0) is 30.7. The number of tetrazole rings is 1. The van der Waals surface area contributed by atoms with E-state index in [0.29, 0.717) is 39.6 Å². The second-order valence-corrected chi connectivity index (χ2v) is 13.5. The van der Waals surface area contributed by atoms with Crippen LogP contribution in [-0.4, -0.2) is 109 Å². The number of fused-ring (bicyclic) bond motifs is 1. The summed E-state index contributed by atoms with van der Waals surface area (Å²) in [6.45, 7) is 2.79. The number of nitrogens with one attached hydrogen (secondary N) is 1. The molecular formula is C25H35Cl2N9O6S3. The molecule has 2 aromatic rings. The van der Waals surface area contributed by atoms with Crippen molar-refractivity contribution in [3.63, 3.8) is 0 Å². The molecular weight excluding hydrogens is 689 g/mol. The fourth-order valence-corrected chi connectivity index (χ4v) is 7.55. The molecule has 20 heteroatoms. The van der Waals surface area contributed by atoms with Crippen molar-refractivity contribution in [1.82, 2.24) is 40.3 Å². The van der Waals surface area contributed by atoms with E-state index < -0.39 is 35.6 Å². The van der Waals surface area contributed by atoms with Gasteiger partial charge in [-0.05, 0) is 42.9 Å². The lowest BCUT2D eigenvalue weighted by molar-refractivity contribution is -0.188. The number of anilines is 1. The lowest BCUT2D eigenvalue weighted by Crippen LogP contribution is -2.70. The number of β-lactam (4-membered cyclic amide) rings is 1. The van der Waals surface area contributed by atoms with Crippen molar-refractivity contribution in [1.29, 1.82) is 0 Å². The van der Waals surface area contributed by atoms with Crippen molar-refractivity contribution < 1.29 is 28.7 Å². The Balaban J connectivity index is 0.00000276. The summed E-state index contributed by atoms with van der Waals surface area (Å²) in [4.78, 5) is 59.3. The molecule has 0 spiro atoms. The molecule has 1 aliphatic carbocycles. The van der Waals surface area contributed by atoms with Gasteiger partial charge in [0.2, 0.25) is 17.4 Å². The summed E-state index contributed by atoms with van der Waals surface area (Å²) < 4.78 is 12.6. The van der Waals surface area contributed by atoms with Gasteiger partial charge in [-0.1, -0.05) is 18.2 Å². The monoisotopic (exact) mass is 723 g/mol. The molecule has 1 saturated carbocycles. The number of aromatic nitrogens is 5. The Kier molecular flexibility index (Phi) is 13.3. The number of thiazole rings is 1. The minimum atomic E-state index is -1.13. The maximum Gasteiger partial charge on any atom is 0.358 e. The van der Waals surface area contributed by atoms with E-state index in [2.05, 4.69) is 25.8 Å². The Morgan fingerprint density at radius 2 is 2.00 bits per heavy atom. The molecule has 2 amide bonds. The van der Waals surface area contributed by atoms with Gasteiger partial charge in [0.15, 0.2) is 5.13 Å². The van der Waals surface area contributed by atoms with E-state index in [9.17, 15) is 19.2 Å². The normalized spacial score (nSPS) is 19.8. The van der Waals surface area contributed by atoms with Crippen molar-refractivity contribution >= 4 is 88.6 Å².